The smallest absolute Gasteiger partial charge is 0.406 e. The Morgan fingerprint density at radius 2 is 1.51 bits per heavy atom. The predicted molar refractivity (Wildman–Crippen MR) is 130 cm³/mol. The van der Waals surface area contributed by atoms with Crippen LogP contribution in [0.15, 0.2) is 36.4 Å². The van der Waals surface area contributed by atoms with E-state index in [0.717, 1.165) is 22.3 Å². The van der Waals surface area contributed by atoms with Crippen molar-refractivity contribution in [1.29, 1.82) is 0 Å². The molecular formula is C25H31N3O7. The number of carbonyl (C=O) groups is 3. The molecular weight excluding hydrogens is 454 g/mol. The number of hydrogen-bond donors (Lipinski definition) is 4. The molecule has 2 aromatic carbocycles. The summed E-state index contributed by atoms with van der Waals surface area (Å²) in [4.78, 5) is 36.0. The van der Waals surface area contributed by atoms with Gasteiger partial charge in [-0.1, -0.05) is 12.1 Å². The second-order valence-corrected chi connectivity index (χ2v) is 8.02. The van der Waals surface area contributed by atoms with Gasteiger partial charge in [-0.3, -0.25) is 9.59 Å². The van der Waals surface area contributed by atoms with Crippen LogP contribution in [-0.2, 0) is 23.8 Å². The molecule has 0 spiro atoms. The Bertz CT molecular complexity index is 1060. The molecule has 3 amide bonds. The minimum atomic E-state index is -0.549. The van der Waals surface area contributed by atoms with Crippen molar-refractivity contribution >= 4 is 29.3 Å². The molecule has 0 radical (unpaired) electrons. The number of aliphatic hydroxyl groups is 1. The highest BCUT2D eigenvalue weighted by Crippen LogP contribution is 2.46. The van der Waals surface area contributed by atoms with Crippen LogP contribution in [0.5, 0.6) is 0 Å². The summed E-state index contributed by atoms with van der Waals surface area (Å²) in [6.45, 7) is 0.431. The molecule has 2 aromatic rings. The fraction of sp³-hybridized carbons (Fsp3) is 0.400. The maximum Gasteiger partial charge on any atom is 0.406 e. The first-order valence-corrected chi connectivity index (χ1v) is 11.4. The van der Waals surface area contributed by atoms with Crippen LogP contribution in [-0.4, -0.2) is 70.2 Å². The van der Waals surface area contributed by atoms with Crippen LogP contribution in [0.25, 0.3) is 11.1 Å². The fourth-order valence-corrected chi connectivity index (χ4v) is 3.93. The Morgan fingerprint density at radius 1 is 0.914 bits per heavy atom. The zero-order valence-corrected chi connectivity index (χ0v) is 19.9. The third-order valence-electron chi connectivity index (χ3n) is 5.50. The second-order valence-electron chi connectivity index (χ2n) is 8.02. The number of fused-ring (bicyclic) bond motifs is 3. The van der Waals surface area contributed by atoms with Crippen molar-refractivity contribution in [3.8, 4) is 11.1 Å². The van der Waals surface area contributed by atoms with Gasteiger partial charge in [-0.15, -0.1) is 0 Å². The van der Waals surface area contributed by atoms with E-state index >= 15 is 0 Å². The second kappa shape index (κ2) is 12.8. The largest absolute Gasteiger partial charge is 0.449 e. The Kier molecular flexibility index (Phi) is 9.59. The van der Waals surface area contributed by atoms with Crippen molar-refractivity contribution in [1.82, 2.24) is 5.32 Å². The summed E-state index contributed by atoms with van der Waals surface area (Å²) < 4.78 is 15.6. The molecule has 188 valence electrons. The molecule has 0 fully saturated rings. The number of anilines is 2. The van der Waals surface area contributed by atoms with E-state index in [1.807, 2.05) is 36.4 Å². The summed E-state index contributed by atoms with van der Waals surface area (Å²) in [6.07, 6.45) is 0.763. The highest BCUT2D eigenvalue weighted by atomic mass is 16.5. The molecule has 35 heavy (non-hydrogen) atoms. The predicted octanol–water partition coefficient (Wildman–Crippen LogP) is 2.47. The first-order chi connectivity index (χ1) is 17.0. The van der Waals surface area contributed by atoms with E-state index in [1.165, 1.54) is 14.2 Å². The van der Waals surface area contributed by atoms with E-state index < -0.39 is 6.09 Å². The van der Waals surface area contributed by atoms with Gasteiger partial charge < -0.3 is 35.3 Å². The third-order valence-corrected chi connectivity index (χ3v) is 5.50. The molecule has 1 atom stereocenters. The molecule has 0 saturated heterocycles. The van der Waals surface area contributed by atoms with Crippen LogP contribution < -0.4 is 16.0 Å². The highest BCUT2D eigenvalue weighted by Gasteiger charge is 2.30. The minimum absolute atomic E-state index is 0.0608. The lowest BCUT2D eigenvalue weighted by molar-refractivity contribution is -0.121. The number of amides is 3. The maximum absolute atomic E-state index is 12.3. The minimum Gasteiger partial charge on any atom is -0.449 e. The van der Waals surface area contributed by atoms with Gasteiger partial charge in [0.1, 0.15) is 19.8 Å². The molecule has 0 heterocycles. The van der Waals surface area contributed by atoms with Gasteiger partial charge in [0.25, 0.3) is 0 Å². The molecule has 10 heteroatoms. The number of nitrogens with one attached hydrogen (secondary N) is 3. The third kappa shape index (κ3) is 7.01. The first-order valence-electron chi connectivity index (χ1n) is 11.4. The molecule has 4 N–H and O–H groups in total. The van der Waals surface area contributed by atoms with Crippen molar-refractivity contribution in [2.45, 2.75) is 18.8 Å². The molecule has 3 rings (SSSR count). The monoisotopic (exact) mass is 485 g/mol. The Hall–Kier alpha value is -3.47. The lowest BCUT2D eigenvalue weighted by Crippen LogP contribution is -2.22. The van der Waals surface area contributed by atoms with Gasteiger partial charge in [0, 0.05) is 44.7 Å². The van der Waals surface area contributed by atoms with Crippen LogP contribution in [0.2, 0.25) is 0 Å². The number of alkyl carbamates (subject to hydrolysis) is 1. The topological polar surface area (TPSA) is 135 Å². The molecule has 0 aromatic heterocycles. The molecule has 10 nitrogen and oxygen atoms in total. The van der Waals surface area contributed by atoms with E-state index in [1.54, 1.807) is 0 Å². The van der Waals surface area contributed by atoms with Gasteiger partial charge in [0.05, 0.1) is 0 Å². The summed E-state index contributed by atoms with van der Waals surface area (Å²) in [7, 11) is 2.94. The van der Waals surface area contributed by atoms with Crippen LogP contribution in [0.4, 0.5) is 16.2 Å². The summed E-state index contributed by atoms with van der Waals surface area (Å²) in [5, 5.41) is 16.9. The van der Waals surface area contributed by atoms with E-state index in [-0.39, 0.29) is 44.2 Å². The molecule has 0 saturated carbocycles. The van der Waals surface area contributed by atoms with Gasteiger partial charge >= 0.3 is 6.09 Å². The highest BCUT2D eigenvalue weighted by molar-refractivity contribution is 5.94. The normalized spacial score (nSPS) is 13.5. The van der Waals surface area contributed by atoms with Crippen LogP contribution in [0, 0.1) is 0 Å². The maximum atomic E-state index is 12.3. The zero-order valence-electron chi connectivity index (χ0n) is 19.9. The number of benzene rings is 2. The average molecular weight is 486 g/mol. The number of hydrogen-bond acceptors (Lipinski definition) is 7. The molecule has 1 aliphatic rings. The molecule has 1 unspecified atom stereocenters. The number of carbonyl (C=O) groups excluding carboxylic acids is 3. The Morgan fingerprint density at radius 3 is 2.06 bits per heavy atom. The standard InChI is InChI=1S/C25H31N3O7/c1-26-25(32)35-13-22-20-11-16(27-23(30)14-33-2)5-7-18(20)19-8-6-17(12-21(19)22)28-24(31)15-34-10-4-3-9-29/h5-8,11-12,22,29H,3-4,9-10,13-15H2,1-2H3,(H,26,32)(H,27,30)(H,28,31). The van der Waals surface area contributed by atoms with Crippen molar-refractivity contribution in [2.75, 3.05) is 57.8 Å². The quantitative estimate of drug-likeness (QED) is 0.339. The van der Waals surface area contributed by atoms with Crippen LogP contribution in [0.1, 0.15) is 29.9 Å². The van der Waals surface area contributed by atoms with Gasteiger partial charge in [-0.25, -0.2) is 4.79 Å². The lowest BCUT2D eigenvalue weighted by Gasteiger charge is -2.16. The number of rotatable bonds is 12. The Balaban J connectivity index is 1.79. The van der Waals surface area contributed by atoms with E-state index in [9.17, 15) is 14.4 Å². The summed E-state index contributed by atoms with van der Waals surface area (Å²) in [5.74, 6) is -0.848. The van der Waals surface area contributed by atoms with Crippen LogP contribution >= 0.6 is 0 Å². The van der Waals surface area contributed by atoms with Gasteiger partial charge in [0.15, 0.2) is 0 Å². The molecule has 1 aliphatic carbocycles. The molecule has 0 aliphatic heterocycles. The number of ether oxygens (including phenoxy) is 3. The first kappa shape index (κ1) is 26.1. The summed E-state index contributed by atoms with van der Waals surface area (Å²) in [6, 6.07) is 11.2. The van der Waals surface area contributed by atoms with Gasteiger partial charge in [-0.2, -0.15) is 0 Å². The molecule has 0 bridgehead atoms. The van der Waals surface area contributed by atoms with Gasteiger partial charge in [-0.05, 0) is 59.4 Å². The SMILES string of the molecule is CNC(=O)OCC1c2cc(NC(=O)COC)ccc2-c2ccc(NC(=O)COCCCCO)cc21. The van der Waals surface area contributed by atoms with Gasteiger partial charge in [0.2, 0.25) is 11.8 Å². The number of unbranched alkanes of at least 4 members (excludes halogenated alkanes) is 1. The number of methoxy groups -OCH3 is 1. The van der Waals surface area contributed by atoms with Crippen molar-refractivity contribution < 1.29 is 33.7 Å². The van der Waals surface area contributed by atoms with Crippen molar-refractivity contribution in [3.63, 3.8) is 0 Å². The lowest BCUT2D eigenvalue weighted by atomic mass is 9.97. The van der Waals surface area contributed by atoms with Crippen molar-refractivity contribution in [3.05, 3.63) is 47.5 Å². The number of aliphatic hydroxyl groups excluding tert-OH is 1. The Labute approximate surface area is 203 Å². The van der Waals surface area contributed by atoms with Crippen LogP contribution in [0.3, 0.4) is 0 Å². The summed E-state index contributed by atoms with van der Waals surface area (Å²) in [5.41, 5.74) is 4.91. The van der Waals surface area contributed by atoms with E-state index in [0.29, 0.717) is 30.8 Å². The average Bonchev–Trinajstić information content (AvgIpc) is 3.14. The van der Waals surface area contributed by atoms with Crippen molar-refractivity contribution in [2.24, 2.45) is 0 Å². The van der Waals surface area contributed by atoms with E-state index in [2.05, 4.69) is 16.0 Å². The van der Waals surface area contributed by atoms with E-state index in [4.69, 9.17) is 19.3 Å². The fourth-order valence-electron chi connectivity index (χ4n) is 3.93. The zero-order chi connectivity index (χ0) is 25.2. The summed E-state index contributed by atoms with van der Waals surface area (Å²) >= 11 is 0.